The van der Waals surface area contributed by atoms with Gasteiger partial charge in [-0.25, -0.2) is 4.98 Å². The van der Waals surface area contributed by atoms with Crippen molar-refractivity contribution in [2.75, 3.05) is 5.32 Å². The molecule has 0 bridgehead atoms. The Balaban J connectivity index is 1.61. The third-order valence-corrected chi connectivity index (χ3v) is 4.65. The van der Waals surface area contributed by atoms with Crippen molar-refractivity contribution in [1.29, 1.82) is 0 Å². The number of nitrogens with one attached hydrogen (secondary N) is 1. The number of hydrogen-bond donors (Lipinski definition) is 1. The summed E-state index contributed by atoms with van der Waals surface area (Å²) in [4.78, 5) is 9.16. The van der Waals surface area contributed by atoms with Crippen LogP contribution in [0, 0.1) is 0 Å². The maximum Gasteiger partial charge on any atom is 0.226 e. The molecule has 0 aliphatic heterocycles. The number of benzene rings is 1. The number of anilines is 1. The number of hydrogen-bond acceptors (Lipinski definition) is 7. The van der Waals surface area contributed by atoms with Gasteiger partial charge in [0.15, 0.2) is 5.82 Å². The second-order valence-corrected chi connectivity index (χ2v) is 6.77. The summed E-state index contributed by atoms with van der Waals surface area (Å²) < 4.78 is 9.82. The van der Waals surface area contributed by atoms with Crippen LogP contribution in [0.3, 0.4) is 0 Å². The Kier molecular flexibility index (Phi) is 4.25. The molecule has 1 aliphatic rings. The Labute approximate surface area is 144 Å². The van der Waals surface area contributed by atoms with Crippen molar-refractivity contribution in [1.82, 2.24) is 19.5 Å². The van der Waals surface area contributed by atoms with Gasteiger partial charge in [0.1, 0.15) is 11.9 Å². The third kappa shape index (κ3) is 3.31. The summed E-state index contributed by atoms with van der Waals surface area (Å²) >= 11 is 1.39. The van der Waals surface area contributed by atoms with Gasteiger partial charge in [-0.15, -0.1) is 0 Å². The maximum absolute atomic E-state index is 5.36. The van der Waals surface area contributed by atoms with Crippen LogP contribution in [0.25, 0.3) is 0 Å². The Bertz CT molecular complexity index is 796. The maximum atomic E-state index is 5.36. The topological polar surface area (TPSA) is 76.7 Å². The van der Waals surface area contributed by atoms with E-state index >= 15 is 0 Å². The summed E-state index contributed by atoms with van der Waals surface area (Å²) in [5.41, 5.74) is 1.07. The van der Waals surface area contributed by atoms with Crippen molar-refractivity contribution in [3.63, 3.8) is 0 Å². The van der Waals surface area contributed by atoms with Gasteiger partial charge < -0.3 is 9.84 Å². The number of aryl methyl sites for hydroxylation is 1. The van der Waals surface area contributed by atoms with Crippen LogP contribution in [-0.4, -0.2) is 19.5 Å². The molecule has 0 radical (unpaired) electrons. The van der Waals surface area contributed by atoms with E-state index in [1.54, 1.807) is 0 Å². The fraction of sp³-hybridized carbons (Fsp3) is 0.412. The summed E-state index contributed by atoms with van der Waals surface area (Å²) in [6.07, 6.45) is 4.17. The van der Waals surface area contributed by atoms with E-state index in [1.165, 1.54) is 24.4 Å². The molecular formula is C17H19N5OS. The first-order valence-corrected chi connectivity index (χ1v) is 9.08. The van der Waals surface area contributed by atoms with Crippen LogP contribution in [-0.2, 0) is 6.42 Å². The van der Waals surface area contributed by atoms with Gasteiger partial charge in [-0.2, -0.15) is 9.36 Å². The third-order valence-electron chi connectivity index (χ3n) is 3.99. The van der Waals surface area contributed by atoms with Gasteiger partial charge in [0, 0.05) is 23.9 Å². The van der Waals surface area contributed by atoms with Crippen LogP contribution in [0.4, 0.5) is 5.13 Å². The van der Waals surface area contributed by atoms with E-state index in [4.69, 9.17) is 4.52 Å². The molecule has 124 valence electrons. The molecule has 1 fully saturated rings. The minimum atomic E-state index is -0.194. The van der Waals surface area contributed by atoms with Gasteiger partial charge in [-0.3, -0.25) is 0 Å². The zero-order valence-electron chi connectivity index (χ0n) is 13.5. The lowest BCUT2D eigenvalue weighted by Gasteiger charge is -2.14. The highest BCUT2D eigenvalue weighted by atomic mass is 32.1. The average molecular weight is 341 g/mol. The highest BCUT2D eigenvalue weighted by molar-refractivity contribution is 7.09. The largest absolute Gasteiger partial charge is 0.346 e. The van der Waals surface area contributed by atoms with Crippen LogP contribution in [0.15, 0.2) is 34.9 Å². The van der Waals surface area contributed by atoms with E-state index in [2.05, 4.69) is 43.9 Å². The molecule has 0 saturated heterocycles. The summed E-state index contributed by atoms with van der Waals surface area (Å²) in [5, 5.41) is 8.40. The van der Waals surface area contributed by atoms with Crippen molar-refractivity contribution < 1.29 is 4.52 Å². The minimum Gasteiger partial charge on any atom is -0.346 e. The smallest absolute Gasteiger partial charge is 0.226 e. The standard InChI is InChI=1S/C17H19N5OS/c1-2-6-13-18-16(21-23-13)14(11-7-4-3-5-8-11)19-17-20-15(22-24-17)12-9-10-12/h3-5,7-8,12,14H,2,6,9-10H2,1H3,(H,19,20,22). The average Bonchev–Trinajstić information content (AvgIpc) is 3.18. The lowest BCUT2D eigenvalue weighted by Crippen LogP contribution is -2.14. The second-order valence-electron chi connectivity index (χ2n) is 6.02. The van der Waals surface area contributed by atoms with Crippen molar-refractivity contribution in [2.45, 2.75) is 44.6 Å². The molecule has 1 N–H and O–H groups in total. The van der Waals surface area contributed by atoms with Crippen molar-refractivity contribution in [3.05, 3.63) is 53.4 Å². The quantitative estimate of drug-likeness (QED) is 0.701. The summed E-state index contributed by atoms with van der Waals surface area (Å²) in [7, 11) is 0. The molecule has 24 heavy (non-hydrogen) atoms. The molecule has 1 aromatic carbocycles. The van der Waals surface area contributed by atoms with Crippen LogP contribution < -0.4 is 5.32 Å². The SMILES string of the molecule is CCCc1nc(C(Nc2nc(C3CC3)ns2)c2ccccc2)no1. The summed E-state index contributed by atoms with van der Waals surface area (Å²) in [6.45, 7) is 2.09. The van der Waals surface area contributed by atoms with Gasteiger partial charge in [-0.05, 0) is 24.8 Å². The van der Waals surface area contributed by atoms with E-state index in [-0.39, 0.29) is 6.04 Å². The summed E-state index contributed by atoms with van der Waals surface area (Å²) in [5.74, 6) is 2.81. The second kappa shape index (κ2) is 6.68. The van der Waals surface area contributed by atoms with Crippen LogP contribution in [0.5, 0.6) is 0 Å². The van der Waals surface area contributed by atoms with Crippen molar-refractivity contribution in [3.8, 4) is 0 Å². The number of nitrogens with zero attached hydrogens (tertiary/aromatic N) is 4. The minimum absolute atomic E-state index is 0.194. The number of aromatic nitrogens is 4. The number of rotatable bonds is 7. The predicted octanol–water partition coefficient (Wildman–Crippen LogP) is 3.95. The first-order valence-electron chi connectivity index (χ1n) is 8.31. The first kappa shape index (κ1) is 15.3. The molecule has 1 saturated carbocycles. The van der Waals surface area contributed by atoms with Crippen LogP contribution >= 0.6 is 11.5 Å². The Morgan fingerprint density at radius 1 is 1.25 bits per heavy atom. The fourth-order valence-corrected chi connectivity index (χ4v) is 3.24. The van der Waals surface area contributed by atoms with Crippen molar-refractivity contribution >= 4 is 16.7 Å². The monoisotopic (exact) mass is 341 g/mol. The first-order chi connectivity index (χ1) is 11.8. The van der Waals surface area contributed by atoms with E-state index in [9.17, 15) is 0 Å². The zero-order valence-corrected chi connectivity index (χ0v) is 14.3. The molecule has 1 aliphatic carbocycles. The van der Waals surface area contributed by atoms with Crippen molar-refractivity contribution in [2.24, 2.45) is 0 Å². The molecule has 2 heterocycles. The normalized spacial score (nSPS) is 15.4. The molecule has 0 spiro atoms. The fourth-order valence-electron chi connectivity index (χ4n) is 2.57. The van der Waals surface area contributed by atoms with E-state index < -0.39 is 0 Å². The lowest BCUT2D eigenvalue weighted by atomic mass is 10.1. The molecule has 3 aromatic rings. The van der Waals surface area contributed by atoms with Gasteiger partial charge >= 0.3 is 0 Å². The molecule has 7 heteroatoms. The van der Waals surface area contributed by atoms with E-state index in [1.807, 2.05) is 18.2 Å². The zero-order chi connectivity index (χ0) is 16.4. The lowest BCUT2D eigenvalue weighted by molar-refractivity contribution is 0.371. The van der Waals surface area contributed by atoms with Gasteiger partial charge in [0.05, 0.1) is 0 Å². The molecule has 2 aromatic heterocycles. The predicted molar refractivity (Wildman–Crippen MR) is 92.1 cm³/mol. The van der Waals surface area contributed by atoms with E-state index in [0.29, 0.717) is 17.6 Å². The Morgan fingerprint density at radius 3 is 2.83 bits per heavy atom. The molecule has 6 nitrogen and oxygen atoms in total. The van der Waals surface area contributed by atoms with Crippen LogP contribution in [0.2, 0.25) is 0 Å². The van der Waals surface area contributed by atoms with Crippen LogP contribution in [0.1, 0.15) is 61.2 Å². The highest BCUT2D eigenvalue weighted by Gasteiger charge is 2.29. The summed E-state index contributed by atoms with van der Waals surface area (Å²) in [6, 6.07) is 9.92. The van der Waals surface area contributed by atoms with Gasteiger partial charge in [-0.1, -0.05) is 42.4 Å². The molecule has 1 atom stereocenters. The van der Waals surface area contributed by atoms with E-state index in [0.717, 1.165) is 29.4 Å². The Hall–Kier alpha value is -2.28. The molecule has 1 unspecified atom stereocenters. The highest BCUT2D eigenvalue weighted by Crippen LogP contribution is 2.39. The molecule has 4 rings (SSSR count). The van der Waals surface area contributed by atoms with Gasteiger partial charge in [0.2, 0.25) is 11.0 Å². The molecule has 0 amide bonds. The van der Waals surface area contributed by atoms with Gasteiger partial charge in [0.25, 0.3) is 0 Å². The Morgan fingerprint density at radius 2 is 2.08 bits per heavy atom. The molecular weight excluding hydrogens is 322 g/mol.